The highest BCUT2D eigenvalue weighted by Crippen LogP contribution is 2.22. The van der Waals surface area contributed by atoms with Crippen molar-refractivity contribution in [2.45, 2.75) is 19.1 Å². The van der Waals surface area contributed by atoms with E-state index in [1.165, 1.54) is 11.8 Å². The normalized spacial score (nSPS) is 11.4. The molecule has 1 N–H and O–H groups in total. The van der Waals surface area contributed by atoms with Crippen molar-refractivity contribution in [3.05, 3.63) is 71.5 Å². The van der Waals surface area contributed by atoms with E-state index in [-0.39, 0.29) is 11.7 Å². The van der Waals surface area contributed by atoms with Crippen LogP contribution >= 0.6 is 11.8 Å². The zero-order chi connectivity index (χ0) is 20.2. The van der Waals surface area contributed by atoms with Crippen molar-refractivity contribution in [2.75, 3.05) is 5.75 Å². The Bertz CT molecular complexity index is 1150. The molecule has 0 bridgehead atoms. The molecule has 4 rings (SSSR count). The lowest BCUT2D eigenvalue weighted by Crippen LogP contribution is -2.19. The molecule has 1 amide bonds. The maximum atomic E-state index is 12.1. The number of nitrogens with zero attached hydrogens (tertiary/aromatic N) is 4. The van der Waals surface area contributed by atoms with Gasteiger partial charge >= 0.3 is 0 Å². The number of thioether (sulfide) groups is 1. The third kappa shape index (κ3) is 4.22. The van der Waals surface area contributed by atoms with Gasteiger partial charge in [-0.3, -0.25) is 4.79 Å². The summed E-state index contributed by atoms with van der Waals surface area (Å²) < 4.78 is 7.45. The first-order valence-electron chi connectivity index (χ1n) is 9.04. The average molecular weight is 405 g/mol. The number of benzene rings is 2. The predicted octanol–water partition coefficient (Wildman–Crippen LogP) is 3.87. The average Bonchev–Trinajstić information content (AvgIpc) is 3.28. The maximum Gasteiger partial charge on any atom is 0.257 e. The number of rotatable bonds is 6. The van der Waals surface area contributed by atoms with E-state index in [0.29, 0.717) is 10.8 Å². The number of fused-ring (bicyclic) bond motifs is 1. The van der Waals surface area contributed by atoms with Crippen molar-refractivity contribution < 1.29 is 9.21 Å². The molecule has 146 valence electrons. The third-order valence-corrected chi connectivity index (χ3v) is 5.16. The molecule has 0 radical (unpaired) electrons. The molecule has 2 aromatic carbocycles. The number of nitrogens with one attached hydrogen (secondary N) is 1. The minimum atomic E-state index is -0.237. The molecule has 8 heteroatoms. The summed E-state index contributed by atoms with van der Waals surface area (Å²) >= 11 is 1.23. The lowest BCUT2D eigenvalue weighted by Gasteiger charge is -2.03. The molecule has 2 aromatic heterocycles. The van der Waals surface area contributed by atoms with Crippen LogP contribution in [0.3, 0.4) is 0 Å². The minimum Gasteiger partial charge on any atom is -0.431 e. The fourth-order valence-corrected chi connectivity index (χ4v) is 3.53. The van der Waals surface area contributed by atoms with E-state index in [4.69, 9.17) is 4.42 Å². The van der Waals surface area contributed by atoms with Gasteiger partial charge in [-0.15, -0.1) is 0 Å². The van der Waals surface area contributed by atoms with Crippen LogP contribution < -0.4 is 5.43 Å². The topological polar surface area (TPSA) is 85.3 Å². The van der Waals surface area contributed by atoms with Crippen LogP contribution in [0.15, 0.2) is 69.3 Å². The van der Waals surface area contributed by atoms with Crippen LogP contribution in [-0.4, -0.2) is 32.6 Å². The van der Waals surface area contributed by atoms with Gasteiger partial charge in [-0.1, -0.05) is 42.1 Å². The van der Waals surface area contributed by atoms with E-state index in [0.717, 1.165) is 28.2 Å². The molecule has 0 fully saturated rings. The second kappa shape index (κ2) is 8.32. The van der Waals surface area contributed by atoms with Gasteiger partial charge in [-0.25, -0.2) is 15.1 Å². The number of amides is 1. The smallest absolute Gasteiger partial charge is 0.257 e. The summed E-state index contributed by atoms with van der Waals surface area (Å²) in [4.78, 5) is 16.4. The third-order valence-electron chi connectivity index (χ3n) is 4.33. The Balaban J connectivity index is 1.37. The zero-order valence-corrected chi connectivity index (χ0v) is 16.8. The lowest BCUT2D eigenvalue weighted by molar-refractivity contribution is -0.118. The van der Waals surface area contributed by atoms with E-state index in [1.54, 1.807) is 6.21 Å². The molecule has 0 spiro atoms. The summed E-state index contributed by atoms with van der Waals surface area (Å²) in [5.74, 6) is -0.0787. The van der Waals surface area contributed by atoms with Gasteiger partial charge in [0.2, 0.25) is 0 Å². The summed E-state index contributed by atoms with van der Waals surface area (Å²) in [7, 11) is 0. The first kappa shape index (κ1) is 18.9. The van der Waals surface area contributed by atoms with Crippen LogP contribution in [0.25, 0.3) is 16.8 Å². The van der Waals surface area contributed by atoms with Crippen molar-refractivity contribution >= 4 is 35.0 Å². The highest BCUT2D eigenvalue weighted by molar-refractivity contribution is 7.99. The van der Waals surface area contributed by atoms with Gasteiger partial charge < -0.3 is 4.42 Å². The fraction of sp³-hybridized carbons (Fsp3) is 0.143. The van der Waals surface area contributed by atoms with Crippen molar-refractivity contribution in [3.63, 3.8) is 0 Å². The van der Waals surface area contributed by atoms with Gasteiger partial charge in [-0.2, -0.15) is 10.2 Å². The zero-order valence-electron chi connectivity index (χ0n) is 16.0. The maximum absolute atomic E-state index is 12.1. The highest BCUT2D eigenvalue weighted by atomic mass is 32.2. The molecule has 0 aliphatic heterocycles. The molecule has 0 aliphatic rings. The SMILES string of the molecule is Cc1nn(-c2ccccc2)c(C)c1/C=N\NC(=O)CSc1nc2ccccc2o1. The largest absolute Gasteiger partial charge is 0.431 e. The Hall–Kier alpha value is -3.39. The fourth-order valence-electron chi connectivity index (χ4n) is 2.90. The molecular formula is C21H19N5O2S. The number of carbonyl (C=O) groups excluding carboxylic acids is 1. The van der Waals surface area contributed by atoms with Crippen LogP contribution in [0.2, 0.25) is 0 Å². The van der Waals surface area contributed by atoms with Crippen LogP contribution in [0.4, 0.5) is 0 Å². The molecule has 7 nitrogen and oxygen atoms in total. The summed E-state index contributed by atoms with van der Waals surface area (Å²) in [5.41, 5.74) is 7.66. The Kier molecular flexibility index (Phi) is 5.44. The van der Waals surface area contributed by atoms with Crippen molar-refractivity contribution in [2.24, 2.45) is 5.10 Å². The van der Waals surface area contributed by atoms with Crippen LogP contribution in [0, 0.1) is 13.8 Å². The molecule has 0 saturated heterocycles. The molecule has 0 saturated carbocycles. The van der Waals surface area contributed by atoms with Gasteiger partial charge in [0, 0.05) is 5.56 Å². The van der Waals surface area contributed by atoms with Gasteiger partial charge in [0.1, 0.15) is 5.52 Å². The number of hydrogen-bond donors (Lipinski definition) is 1. The monoisotopic (exact) mass is 405 g/mol. The van der Waals surface area contributed by atoms with Crippen LogP contribution in [0.5, 0.6) is 0 Å². The minimum absolute atomic E-state index is 0.158. The number of aryl methyl sites for hydroxylation is 1. The summed E-state index contributed by atoms with van der Waals surface area (Å²) in [6.07, 6.45) is 1.62. The summed E-state index contributed by atoms with van der Waals surface area (Å²) in [6, 6.07) is 17.4. The molecule has 2 heterocycles. The van der Waals surface area contributed by atoms with E-state index in [2.05, 4.69) is 20.6 Å². The van der Waals surface area contributed by atoms with Gasteiger partial charge in [0.05, 0.1) is 29.0 Å². The van der Waals surface area contributed by atoms with Crippen molar-refractivity contribution in [1.29, 1.82) is 0 Å². The molecular weight excluding hydrogens is 386 g/mol. The lowest BCUT2D eigenvalue weighted by atomic mass is 10.2. The first-order chi connectivity index (χ1) is 14.1. The summed E-state index contributed by atoms with van der Waals surface area (Å²) in [5, 5.41) is 9.11. The van der Waals surface area contributed by atoms with E-state index >= 15 is 0 Å². The van der Waals surface area contributed by atoms with Crippen LogP contribution in [0.1, 0.15) is 17.0 Å². The van der Waals surface area contributed by atoms with E-state index in [9.17, 15) is 4.79 Å². The van der Waals surface area contributed by atoms with Gasteiger partial charge in [0.25, 0.3) is 11.1 Å². The second-order valence-corrected chi connectivity index (χ2v) is 7.29. The number of hydrogen-bond acceptors (Lipinski definition) is 6. The quantitative estimate of drug-likeness (QED) is 0.299. The van der Waals surface area contributed by atoms with Gasteiger partial charge in [-0.05, 0) is 38.1 Å². The number of oxazole rings is 1. The molecule has 0 unspecified atom stereocenters. The highest BCUT2D eigenvalue weighted by Gasteiger charge is 2.12. The first-order valence-corrected chi connectivity index (χ1v) is 10.0. The number of carbonyl (C=O) groups is 1. The van der Waals surface area contributed by atoms with Crippen molar-refractivity contribution in [1.82, 2.24) is 20.2 Å². The van der Waals surface area contributed by atoms with E-state index < -0.39 is 0 Å². The van der Waals surface area contributed by atoms with Crippen LogP contribution in [-0.2, 0) is 4.79 Å². The molecule has 4 aromatic rings. The molecule has 29 heavy (non-hydrogen) atoms. The Morgan fingerprint density at radius 3 is 2.72 bits per heavy atom. The standard InChI is InChI=1S/C21H19N5O2S/c1-14-17(15(2)26(25-14)16-8-4-3-5-9-16)12-22-24-20(27)13-29-21-23-18-10-6-7-11-19(18)28-21/h3-12H,13H2,1-2H3,(H,24,27)/b22-12-. The summed E-state index contributed by atoms with van der Waals surface area (Å²) in [6.45, 7) is 3.89. The Morgan fingerprint density at radius 2 is 1.93 bits per heavy atom. The number of aromatic nitrogens is 3. The van der Waals surface area contributed by atoms with E-state index in [1.807, 2.05) is 73.1 Å². The van der Waals surface area contributed by atoms with Crippen molar-refractivity contribution in [3.8, 4) is 5.69 Å². The second-order valence-electron chi connectivity index (χ2n) is 6.36. The number of hydrazone groups is 1. The van der Waals surface area contributed by atoms with Gasteiger partial charge in [0.15, 0.2) is 5.58 Å². The molecule has 0 aliphatic carbocycles. The number of para-hydroxylation sites is 3. The Morgan fingerprint density at radius 1 is 1.17 bits per heavy atom. The molecule has 0 atom stereocenters. The Labute approximate surface area is 171 Å². The predicted molar refractivity (Wildman–Crippen MR) is 114 cm³/mol.